The molecular formula is C11H14N2O6S. The van der Waals surface area contributed by atoms with Crippen molar-refractivity contribution in [2.45, 2.75) is 24.8 Å². The van der Waals surface area contributed by atoms with E-state index in [2.05, 4.69) is 4.72 Å². The van der Waals surface area contributed by atoms with E-state index in [0.717, 1.165) is 12.1 Å². The number of methoxy groups -OCH3 is 1. The van der Waals surface area contributed by atoms with Crippen molar-refractivity contribution in [2.24, 2.45) is 0 Å². The van der Waals surface area contributed by atoms with Gasteiger partial charge in [-0.25, -0.2) is 13.1 Å². The lowest BCUT2D eigenvalue weighted by atomic mass is 10.3. The maximum absolute atomic E-state index is 12.1. The monoisotopic (exact) mass is 302 g/mol. The van der Waals surface area contributed by atoms with Gasteiger partial charge in [0, 0.05) is 12.1 Å². The third-order valence-electron chi connectivity index (χ3n) is 2.59. The fraction of sp³-hybridized carbons (Fsp3) is 0.364. The minimum Gasteiger partial charge on any atom is -0.495 e. The number of carbonyl (C=O) groups excluding carboxylic acids is 1. The zero-order valence-corrected chi connectivity index (χ0v) is 11.9. The molecule has 0 saturated carbocycles. The van der Waals surface area contributed by atoms with Gasteiger partial charge in [-0.15, -0.1) is 0 Å². The molecule has 1 N–H and O–H groups in total. The van der Waals surface area contributed by atoms with E-state index >= 15 is 0 Å². The number of nitro groups is 1. The van der Waals surface area contributed by atoms with E-state index in [1.807, 2.05) is 0 Å². The van der Waals surface area contributed by atoms with Gasteiger partial charge in [0.15, 0.2) is 0 Å². The molecule has 0 aromatic heterocycles. The first-order valence-corrected chi connectivity index (χ1v) is 7.02. The lowest BCUT2D eigenvalue weighted by Crippen LogP contribution is -2.37. The Morgan fingerprint density at radius 2 is 2.05 bits per heavy atom. The number of nitrogens with zero attached hydrogens (tertiary/aromatic N) is 1. The number of carbonyl (C=O) groups is 1. The summed E-state index contributed by atoms with van der Waals surface area (Å²) in [6.45, 7) is 2.61. The number of benzene rings is 1. The number of ether oxygens (including phenoxy) is 1. The normalized spacial score (nSPS) is 12.8. The molecule has 0 saturated heterocycles. The van der Waals surface area contributed by atoms with Crippen LogP contribution in [-0.2, 0) is 14.8 Å². The lowest BCUT2D eigenvalue weighted by Gasteiger charge is -2.13. The summed E-state index contributed by atoms with van der Waals surface area (Å²) in [5.41, 5.74) is -0.387. The fourth-order valence-corrected chi connectivity index (χ4v) is 2.82. The first-order valence-electron chi connectivity index (χ1n) is 5.54. The molecule has 1 aromatic carbocycles. The van der Waals surface area contributed by atoms with Crippen molar-refractivity contribution < 1.29 is 22.9 Å². The summed E-state index contributed by atoms with van der Waals surface area (Å²) in [6, 6.07) is 2.26. The third kappa shape index (κ3) is 3.52. The minimum absolute atomic E-state index is 0.0427. The summed E-state index contributed by atoms with van der Waals surface area (Å²) in [4.78, 5) is 20.7. The predicted octanol–water partition coefficient (Wildman–Crippen LogP) is 0.859. The first-order chi connectivity index (χ1) is 9.19. The van der Waals surface area contributed by atoms with Gasteiger partial charge in [0.2, 0.25) is 10.0 Å². The summed E-state index contributed by atoms with van der Waals surface area (Å²) in [5, 5.41) is 10.7. The predicted molar refractivity (Wildman–Crippen MR) is 70.1 cm³/mol. The number of hydrogen-bond acceptors (Lipinski definition) is 6. The van der Waals surface area contributed by atoms with Crippen LogP contribution in [0.25, 0.3) is 0 Å². The molecule has 0 heterocycles. The molecule has 9 heteroatoms. The van der Waals surface area contributed by atoms with Gasteiger partial charge in [-0.2, -0.15) is 0 Å². The van der Waals surface area contributed by atoms with E-state index in [1.165, 1.54) is 27.0 Å². The quantitative estimate of drug-likeness (QED) is 0.615. The van der Waals surface area contributed by atoms with Crippen LogP contribution in [0.2, 0.25) is 0 Å². The average Bonchev–Trinajstić information content (AvgIpc) is 2.37. The van der Waals surface area contributed by atoms with Gasteiger partial charge < -0.3 is 4.74 Å². The number of non-ortho nitro benzene ring substituents is 1. The largest absolute Gasteiger partial charge is 0.495 e. The van der Waals surface area contributed by atoms with E-state index < -0.39 is 21.0 Å². The summed E-state index contributed by atoms with van der Waals surface area (Å²) >= 11 is 0. The molecule has 0 fully saturated rings. The maximum Gasteiger partial charge on any atom is 0.271 e. The highest BCUT2D eigenvalue weighted by Gasteiger charge is 2.25. The second-order valence-electron chi connectivity index (χ2n) is 4.05. The van der Waals surface area contributed by atoms with E-state index in [-0.39, 0.29) is 22.1 Å². The van der Waals surface area contributed by atoms with Crippen LogP contribution >= 0.6 is 0 Å². The Hall–Kier alpha value is -2.00. The van der Waals surface area contributed by atoms with Crippen molar-refractivity contribution in [3.05, 3.63) is 28.3 Å². The Labute approximate surface area is 115 Å². The highest BCUT2D eigenvalue weighted by molar-refractivity contribution is 7.89. The smallest absolute Gasteiger partial charge is 0.271 e. The van der Waals surface area contributed by atoms with Gasteiger partial charge in [0.1, 0.15) is 16.4 Å². The average molecular weight is 302 g/mol. The van der Waals surface area contributed by atoms with Gasteiger partial charge in [-0.3, -0.25) is 14.9 Å². The zero-order chi connectivity index (χ0) is 15.5. The molecule has 1 unspecified atom stereocenters. The van der Waals surface area contributed by atoms with Crippen LogP contribution in [-0.4, -0.2) is 32.3 Å². The van der Waals surface area contributed by atoms with Crippen LogP contribution in [0.3, 0.4) is 0 Å². The number of ketones is 1. The molecule has 0 bridgehead atoms. The molecule has 1 atom stereocenters. The van der Waals surface area contributed by atoms with Gasteiger partial charge in [0.05, 0.1) is 18.1 Å². The molecule has 110 valence electrons. The molecule has 0 aliphatic rings. The Balaban J connectivity index is 3.31. The van der Waals surface area contributed by atoms with Crippen LogP contribution in [0, 0.1) is 10.1 Å². The molecular weight excluding hydrogens is 288 g/mol. The van der Waals surface area contributed by atoms with Gasteiger partial charge >= 0.3 is 0 Å². The summed E-state index contributed by atoms with van der Waals surface area (Å²) in [5.74, 6) is -0.420. The minimum atomic E-state index is -4.10. The second-order valence-corrected chi connectivity index (χ2v) is 5.73. The molecule has 0 spiro atoms. The number of nitrogens with one attached hydrogen (secondary N) is 1. The maximum atomic E-state index is 12.1. The molecule has 8 nitrogen and oxygen atoms in total. The van der Waals surface area contributed by atoms with Crippen molar-refractivity contribution >= 4 is 21.5 Å². The summed E-state index contributed by atoms with van der Waals surface area (Å²) in [6.07, 6.45) is 0. The lowest BCUT2D eigenvalue weighted by molar-refractivity contribution is -0.385. The van der Waals surface area contributed by atoms with Crippen molar-refractivity contribution in [1.82, 2.24) is 4.72 Å². The Morgan fingerprint density at radius 3 is 2.50 bits per heavy atom. The molecule has 20 heavy (non-hydrogen) atoms. The Morgan fingerprint density at radius 1 is 1.45 bits per heavy atom. The molecule has 0 aliphatic heterocycles. The zero-order valence-electron chi connectivity index (χ0n) is 11.1. The molecule has 1 rings (SSSR count). The van der Waals surface area contributed by atoms with Crippen LogP contribution < -0.4 is 9.46 Å². The Kier molecular flexibility index (Phi) is 4.79. The van der Waals surface area contributed by atoms with Gasteiger partial charge in [-0.05, 0) is 19.9 Å². The molecule has 1 aromatic rings. The SMILES string of the molecule is COc1ccc([N+](=O)[O-])cc1S(=O)(=O)NC(C)C(C)=O. The van der Waals surface area contributed by atoms with Crippen LogP contribution in [0.4, 0.5) is 5.69 Å². The van der Waals surface area contributed by atoms with E-state index in [0.29, 0.717) is 0 Å². The number of rotatable bonds is 6. The van der Waals surface area contributed by atoms with Crippen molar-refractivity contribution in [1.29, 1.82) is 0 Å². The highest BCUT2D eigenvalue weighted by Crippen LogP contribution is 2.28. The van der Waals surface area contributed by atoms with E-state index in [9.17, 15) is 23.3 Å². The number of sulfonamides is 1. The number of hydrogen-bond donors (Lipinski definition) is 1. The standard InChI is InChI=1S/C11H14N2O6S/c1-7(8(2)14)12-20(17,18)11-6-9(13(15)16)4-5-10(11)19-3/h4-7,12H,1-3H3. The fourth-order valence-electron chi connectivity index (χ4n) is 1.37. The van der Waals surface area contributed by atoms with Crippen molar-refractivity contribution in [3.63, 3.8) is 0 Å². The van der Waals surface area contributed by atoms with Gasteiger partial charge in [-0.1, -0.05) is 0 Å². The molecule has 0 radical (unpaired) electrons. The van der Waals surface area contributed by atoms with E-state index in [4.69, 9.17) is 4.74 Å². The molecule has 0 amide bonds. The number of nitro benzene ring substituents is 1. The second kappa shape index (κ2) is 5.97. The topological polar surface area (TPSA) is 116 Å². The third-order valence-corrected chi connectivity index (χ3v) is 4.15. The van der Waals surface area contributed by atoms with Crippen LogP contribution in [0.5, 0.6) is 5.75 Å². The highest BCUT2D eigenvalue weighted by atomic mass is 32.2. The van der Waals surface area contributed by atoms with Crippen LogP contribution in [0.1, 0.15) is 13.8 Å². The number of Topliss-reactive ketones (excluding diaryl/α,β-unsaturated/α-hetero) is 1. The van der Waals surface area contributed by atoms with Crippen molar-refractivity contribution in [2.75, 3.05) is 7.11 Å². The van der Waals surface area contributed by atoms with Crippen LogP contribution in [0.15, 0.2) is 23.1 Å². The Bertz CT molecular complexity index is 640. The van der Waals surface area contributed by atoms with Gasteiger partial charge in [0.25, 0.3) is 5.69 Å². The first kappa shape index (κ1) is 16.1. The summed E-state index contributed by atoms with van der Waals surface area (Å²) < 4.78 is 31.3. The van der Waals surface area contributed by atoms with E-state index in [1.54, 1.807) is 0 Å². The van der Waals surface area contributed by atoms with Crippen molar-refractivity contribution in [3.8, 4) is 5.75 Å². The molecule has 0 aliphatic carbocycles. The summed E-state index contributed by atoms with van der Waals surface area (Å²) in [7, 11) is -2.86.